The summed E-state index contributed by atoms with van der Waals surface area (Å²) in [6, 6.07) is -0.816. The Morgan fingerprint density at radius 3 is 2.33 bits per heavy atom. The van der Waals surface area contributed by atoms with Crippen LogP contribution in [0.1, 0.15) is 40.0 Å². The number of ether oxygens (including phenoxy) is 2. The molecule has 0 saturated heterocycles. The summed E-state index contributed by atoms with van der Waals surface area (Å²) in [4.78, 5) is 0. The van der Waals surface area contributed by atoms with Gasteiger partial charge in [0.25, 0.3) is 0 Å². The van der Waals surface area contributed by atoms with Crippen LogP contribution in [0.4, 0.5) is 0 Å². The highest BCUT2D eigenvalue weighted by Crippen LogP contribution is 2.46. The van der Waals surface area contributed by atoms with E-state index in [0.717, 1.165) is 0 Å². The maximum Gasteiger partial charge on any atom is 0.250 e. The molecule has 1 aliphatic heterocycles. The molecule has 0 spiro atoms. The summed E-state index contributed by atoms with van der Waals surface area (Å²) < 4.78 is 11.8. The Morgan fingerprint density at radius 2 is 1.83 bits per heavy atom. The molecule has 0 radical (unpaired) electrons. The van der Waals surface area contributed by atoms with Crippen molar-refractivity contribution in [2.45, 2.75) is 63.1 Å². The molecular weight excluding hydrogens is 234 g/mol. The predicted molar refractivity (Wildman–Crippen MR) is 66.8 cm³/mol. The van der Waals surface area contributed by atoms with Crippen LogP contribution in [-0.2, 0) is 9.47 Å². The van der Waals surface area contributed by atoms with E-state index in [1.807, 2.05) is 13.8 Å². The molecule has 104 valence electrons. The highest BCUT2D eigenvalue weighted by Gasteiger charge is 2.56. The first-order valence-electron chi connectivity index (χ1n) is 6.36. The lowest BCUT2D eigenvalue weighted by Gasteiger charge is -2.40. The van der Waals surface area contributed by atoms with Crippen molar-refractivity contribution in [3.8, 4) is 0 Å². The summed E-state index contributed by atoms with van der Waals surface area (Å²) in [5.41, 5.74) is 15.5. The highest BCUT2D eigenvalue weighted by molar-refractivity contribution is 5.31. The third-order valence-corrected chi connectivity index (χ3v) is 3.88. The van der Waals surface area contributed by atoms with Gasteiger partial charge < -0.3 is 31.8 Å². The molecule has 0 saturated carbocycles. The Kier molecular flexibility index (Phi) is 2.90. The average molecular weight is 257 g/mol. The van der Waals surface area contributed by atoms with Crippen LogP contribution in [0, 0.1) is 0 Å². The molecule has 3 unspecified atom stereocenters. The molecule has 0 bridgehead atoms. The first kappa shape index (κ1) is 13.6. The maximum absolute atomic E-state index is 10.1. The minimum absolute atomic E-state index is 0.132. The van der Waals surface area contributed by atoms with E-state index in [1.165, 1.54) is 0 Å². The third kappa shape index (κ3) is 1.80. The first-order chi connectivity index (χ1) is 8.17. The van der Waals surface area contributed by atoms with Crippen LogP contribution < -0.4 is 17.2 Å². The number of rotatable bonds is 2. The molecule has 6 nitrogen and oxygen atoms in total. The standard InChI is InChI=1S/C12H23N3O3/c1-4-11(5-2)17-7-8(13)12(15,16)6-10(3,14)9(7)18-11/h8,16H,4-6,13-15H2,1-3H3. The zero-order valence-electron chi connectivity index (χ0n) is 11.2. The van der Waals surface area contributed by atoms with Gasteiger partial charge in [0.2, 0.25) is 5.79 Å². The second-order valence-corrected chi connectivity index (χ2v) is 5.58. The second kappa shape index (κ2) is 3.84. The minimum Gasteiger partial charge on any atom is -0.451 e. The van der Waals surface area contributed by atoms with Gasteiger partial charge in [-0.3, -0.25) is 0 Å². The van der Waals surface area contributed by atoms with Gasteiger partial charge in [-0.1, -0.05) is 13.8 Å². The SMILES string of the molecule is CCC1(CC)OC2=C(O1)C(C)(N)CC(N)(O)C2N. The van der Waals surface area contributed by atoms with Crippen molar-refractivity contribution in [3.63, 3.8) is 0 Å². The Balaban J connectivity index is 2.42. The van der Waals surface area contributed by atoms with E-state index >= 15 is 0 Å². The molecule has 1 aliphatic carbocycles. The molecule has 0 aromatic rings. The van der Waals surface area contributed by atoms with Crippen LogP contribution in [-0.4, -0.2) is 28.2 Å². The van der Waals surface area contributed by atoms with Gasteiger partial charge in [-0.25, -0.2) is 0 Å². The zero-order valence-corrected chi connectivity index (χ0v) is 11.2. The minimum atomic E-state index is -1.58. The van der Waals surface area contributed by atoms with Gasteiger partial charge in [-0.15, -0.1) is 0 Å². The molecule has 7 N–H and O–H groups in total. The summed E-state index contributed by atoms with van der Waals surface area (Å²) >= 11 is 0. The lowest BCUT2D eigenvalue weighted by Crippen LogP contribution is -2.65. The van der Waals surface area contributed by atoms with E-state index in [0.29, 0.717) is 24.4 Å². The van der Waals surface area contributed by atoms with Crippen LogP contribution in [0.5, 0.6) is 0 Å². The Morgan fingerprint density at radius 1 is 1.28 bits per heavy atom. The molecule has 1 heterocycles. The average Bonchev–Trinajstić information content (AvgIpc) is 2.67. The number of aliphatic hydroxyl groups is 1. The van der Waals surface area contributed by atoms with E-state index in [2.05, 4.69) is 0 Å². The predicted octanol–water partition coefficient (Wildman–Crippen LogP) is -0.143. The Labute approximate surface area is 107 Å². The van der Waals surface area contributed by atoms with Gasteiger partial charge in [-0.2, -0.15) is 0 Å². The topological polar surface area (TPSA) is 117 Å². The quantitative estimate of drug-likeness (QED) is 0.511. The lowest BCUT2D eigenvalue weighted by atomic mass is 9.79. The number of hydrogen-bond donors (Lipinski definition) is 4. The molecule has 6 heteroatoms. The smallest absolute Gasteiger partial charge is 0.250 e. The van der Waals surface area contributed by atoms with Crippen LogP contribution in [0.3, 0.4) is 0 Å². The summed E-state index contributed by atoms with van der Waals surface area (Å²) in [6.45, 7) is 5.70. The van der Waals surface area contributed by atoms with Crippen molar-refractivity contribution in [2.75, 3.05) is 0 Å². The summed E-state index contributed by atoms with van der Waals surface area (Å²) in [5.74, 6) is 0.178. The fourth-order valence-corrected chi connectivity index (χ4v) is 2.65. The molecule has 18 heavy (non-hydrogen) atoms. The maximum atomic E-state index is 10.1. The summed E-state index contributed by atoms with van der Waals surface area (Å²) in [6.07, 6.45) is 1.47. The molecule has 0 aromatic carbocycles. The van der Waals surface area contributed by atoms with Crippen molar-refractivity contribution in [2.24, 2.45) is 17.2 Å². The van der Waals surface area contributed by atoms with Gasteiger partial charge in [-0.05, 0) is 6.92 Å². The zero-order chi connectivity index (χ0) is 13.8. The monoisotopic (exact) mass is 257 g/mol. The first-order valence-corrected chi connectivity index (χ1v) is 6.36. The van der Waals surface area contributed by atoms with Crippen LogP contribution >= 0.6 is 0 Å². The highest BCUT2D eigenvalue weighted by atomic mass is 16.7. The van der Waals surface area contributed by atoms with Crippen molar-refractivity contribution in [1.29, 1.82) is 0 Å². The molecular formula is C12H23N3O3. The molecule has 0 aromatic heterocycles. The van der Waals surface area contributed by atoms with Crippen molar-refractivity contribution < 1.29 is 14.6 Å². The van der Waals surface area contributed by atoms with Crippen molar-refractivity contribution in [1.82, 2.24) is 0 Å². The Bertz CT molecular complexity index is 386. The molecule has 3 atom stereocenters. The van der Waals surface area contributed by atoms with E-state index in [1.54, 1.807) is 6.92 Å². The van der Waals surface area contributed by atoms with Gasteiger partial charge in [0, 0.05) is 19.3 Å². The van der Waals surface area contributed by atoms with E-state index in [-0.39, 0.29) is 6.42 Å². The van der Waals surface area contributed by atoms with Crippen molar-refractivity contribution >= 4 is 0 Å². The van der Waals surface area contributed by atoms with Crippen LogP contribution in [0.15, 0.2) is 11.5 Å². The van der Waals surface area contributed by atoms with E-state index in [4.69, 9.17) is 26.7 Å². The fourth-order valence-electron chi connectivity index (χ4n) is 2.65. The summed E-state index contributed by atoms with van der Waals surface area (Å²) in [5, 5.41) is 10.1. The summed E-state index contributed by atoms with van der Waals surface area (Å²) in [7, 11) is 0. The molecule has 2 aliphatic rings. The molecule has 0 fully saturated rings. The normalized spacial score (nSPS) is 42.3. The fraction of sp³-hybridized carbons (Fsp3) is 0.833. The van der Waals surface area contributed by atoms with Crippen molar-refractivity contribution in [3.05, 3.63) is 11.5 Å². The molecule has 2 rings (SSSR count). The number of hydrogen-bond acceptors (Lipinski definition) is 6. The largest absolute Gasteiger partial charge is 0.451 e. The van der Waals surface area contributed by atoms with E-state index < -0.39 is 23.1 Å². The van der Waals surface area contributed by atoms with Gasteiger partial charge >= 0.3 is 0 Å². The van der Waals surface area contributed by atoms with Crippen LogP contribution in [0.25, 0.3) is 0 Å². The number of nitrogens with two attached hydrogens (primary N) is 3. The van der Waals surface area contributed by atoms with Gasteiger partial charge in [0.1, 0.15) is 11.8 Å². The van der Waals surface area contributed by atoms with Gasteiger partial charge in [0.05, 0.1) is 5.54 Å². The Hall–Kier alpha value is -0.820. The molecule has 0 amide bonds. The lowest BCUT2D eigenvalue weighted by molar-refractivity contribution is -0.162. The van der Waals surface area contributed by atoms with Crippen LogP contribution in [0.2, 0.25) is 0 Å². The second-order valence-electron chi connectivity index (χ2n) is 5.58. The van der Waals surface area contributed by atoms with E-state index in [9.17, 15) is 5.11 Å². The van der Waals surface area contributed by atoms with Gasteiger partial charge in [0.15, 0.2) is 11.5 Å². The third-order valence-electron chi connectivity index (χ3n) is 3.88.